The summed E-state index contributed by atoms with van der Waals surface area (Å²) in [5, 5.41) is 7.45. The number of benzene rings is 2. The van der Waals surface area contributed by atoms with Crippen LogP contribution < -0.4 is 10.6 Å². The molecule has 6 nitrogen and oxygen atoms in total. The molecule has 0 bridgehead atoms. The number of carbonyl (C=O) groups is 1. The highest BCUT2D eigenvalue weighted by molar-refractivity contribution is 5.92. The monoisotopic (exact) mass is 399 g/mol. The second-order valence-electron chi connectivity index (χ2n) is 7.17. The zero-order valence-electron chi connectivity index (χ0n) is 16.8. The summed E-state index contributed by atoms with van der Waals surface area (Å²) in [5.41, 5.74) is 4.04. The van der Waals surface area contributed by atoms with Crippen molar-refractivity contribution in [3.8, 4) is 0 Å². The fraction of sp³-hybridized carbons (Fsp3) is 0.208. The van der Waals surface area contributed by atoms with Gasteiger partial charge in [0.1, 0.15) is 17.8 Å². The van der Waals surface area contributed by atoms with Crippen LogP contribution in [0.5, 0.6) is 0 Å². The first kappa shape index (κ1) is 19.6. The van der Waals surface area contributed by atoms with Gasteiger partial charge in [-0.25, -0.2) is 9.97 Å². The van der Waals surface area contributed by atoms with E-state index >= 15 is 0 Å². The number of fused-ring (bicyclic) bond motifs is 1. The summed E-state index contributed by atoms with van der Waals surface area (Å²) in [6.07, 6.45) is 6.14. The number of aromatic amines is 1. The summed E-state index contributed by atoms with van der Waals surface area (Å²) in [7, 11) is 0. The topological polar surface area (TPSA) is 82.7 Å². The first-order valence-corrected chi connectivity index (χ1v) is 10.2. The maximum Gasteiger partial charge on any atom is 0.270 e. The third-order valence-corrected chi connectivity index (χ3v) is 5.05. The molecule has 0 saturated heterocycles. The van der Waals surface area contributed by atoms with Gasteiger partial charge >= 0.3 is 0 Å². The lowest BCUT2D eigenvalue weighted by atomic mass is 10.1. The average Bonchev–Trinajstić information content (AvgIpc) is 3.21. The first-order chi connectivity index (χ1) is 14.8. The van der Waals surface area contributed by atoms with Crippen LogP contribution >= 0.6 is 0 Å². The van der Waals surface area contributed by atoms with E-state index in [0.717, 1.165) is 31.3 Å². The number of hydrogen-bond acceptors (Lipinski definition) is 4. The zero-order chi connectivity index (χ0) is 20.6. The number of carbonyl (C=O) groups excluding carboxylic acids is 1. The normalized spacial score (nSPS) is 10.8. The lowest BCUT2D eigenvalue weighted by Gasteiger charge is -2.08. The van der Waals surface area contributed by atoms with Gasteiger partial charge in [0.25, 0.3) is 5.91 Å². The molecular weight excluding hydrogens is 374 g/mol. The Labute approximate surface area is 175 Å². The van der Waals surface area contributed by atoms with E-state index in [9.17, 15) is 4.79 Å². The zero-order valence-corrected chi connectivity index (χ0v) is 16.8. The summed E-state index contributed by atoms with van der Waals surface area (Å²) in [4.78, 5) is 24.0. The summed E-state index contributed by atoms with van der Waals surface area (Å²) >= 11 is 0. The number of aryl methyl sites for hydroxylation is 1. The predicted octanol–water partition coefficient (Wildman–Crippen LogP) is 3.98. The van der Waals surface area contributed by atoms with E-state index in [2.05, 4.69) is 49.9 Å². The van der Waals surface area contributed by atoms with Crippen LogP contribution in [0.3, 0.4) is 0 Å². The molecule has 3 N–H and O–H groups in total. The van der Waals surface area contributed by atoms with Crippen molar-refractivity contribution in [3.63, 3.8) is 0 Å². The second kappa shape index (κ2) is 9.69. The lowest BCUT2D eigenvalue weighted by Crippen LogP contribution is -2.26. The van der Waals surface area contributed by atoms with Crippen molar-refractivity contribution in [1.29, 1.82) is 0 Å². The minimum Gasteiger partial charge on any atom is -0.370 e. The van der Waals surface area contributed by atoms with Gasteiger partial charge in [-0.1, -0.05) is 48.5 Å². The van der Waals surface area contributed by atoms with Gasteiger partial charge in [0.2, 0.25) is 0 Å². The Kier molecular flexibility index (Phi) is 6.35. The minimum atomic E-state index is -0.176. The van der Waals surface area contributed by atoms with Crippen LogP contribution in [-0.4, -0.2) is 33.9 Å². The molecule has 0 atom stereocenters. The fourth-order valence-corrected chi connectivity index (χ4v) is 3.47. The van der Waals surface area contributed by atoms with E-state index in [1.165, 1.54) is 22.8 Å². The quantitative estimate of drug-likeness (QED) is 0.372. The molecule has 152 valence electrons. The molecule has 6 heteroatoms. The van der Waals surface area contributed by atoms with E-state index in [1.807, 2.05) is 36.5 Å². The van der Waals surface area contributed by atoms with Crippen LogP contribution in [0, 0.1) is 0 Å². The predicted molar refractivity (Wildman–Crippen MR) is 120 cm³/mol. The smallest absolute Gasteiger partial charge is 0.270 e. The van der Waals surface area contributed by atoms with Crippen molar-refractivity contribution in [2.45, 2.75) is 19.3 Å². The van der Waals surface area contributed by atoms with Crippen molar-refractivity contribution in [2.75, 3.05) is 18.4 Å². The molecule has 2 heterocycles. The lowest BCUT2D eigenvalue weighted by molar-refractivity contribution is 0.0948. The number of aromatic nitrogens is 3. The van der Waals surface area contributed by atoms with Crippen LogP contribution in [0.15, 0.2) is 73.2 Å². The molecule has 0 saturated carbocycles. The van der Waals surface area contributed by atoms with Gasteiger partial charge in [0, 0.05) is 36.3 Å². The molecule has 2 aromatic heterocycles. The molecule has 4 rings (SSSR count). The SMILES string of the molecule is O=C(NCCCc1ccccc1)c1cc(NCCc2c[nH]c3ccccc23)ncn1. The molecule has 0 aliphatic carbocycles. The molecule has 0 aliphatic heterocycles. The van der Waals surface area contributed by atoms with Crippen molar-refractivity contribution >= 4 is 22.6 Å². The second-order valence-corrected chi connectivity index (χ2v) is 7.17. The number of rotatable bonds is 9. The van der Waals surface area contributed by atoms with E-state index in [0.29, 0.717) is 18.1 Å². The number of H-pyrrole nitrogens is 1. The molecular formula is C24H25N5O. The highest BCUT2D eigenvalue weighted by Crippen LogP contribution is 2.18. The molecule has 1 amide bonds. The van der Waals surface area contributed by atoms with Gasteiger partial charge in [0.05, 0.1) is 0 Å². The van der Waals surface area contributed by atoms with Gasteiger partial charge in [-0.15, -0.1) is 0 Å². The number of amides is 1. The molecule has 0 spiro atoms. The van der Waals surface area contributed by atoms with Crippen LogP contribution in [0.2, 0.25) is 0 Å². The maximum absolute atomic E-state index is 12.4. The summed E-state index contributed by atoms with van der Waals surface area (Å²) in [5.74, 6) is 0.476. The largest absolute Gasteiger partial charge is 0.370 e. The first-order valence-electron chi connectivity index (χ1n) is 10.2. The van der Waals surface area contributed by atoms with E-state index < -0.39 is 0 Å². The average molecular weight is 399 g/mol. The Bertz CT molecular complexity index is 1110. The highest BCUT2D eigenvalue weighted by atomic mass is 16.1. The number of nitrogens with zero attached hydrogens (tertiary/aromatic N) is 2. The third kappa shape index (κ3) is 5.03. The van der Waals surface area contributed by atoms with Crippen molar-refractivity contribution < 1.29 is 4.79 Å². The Morgan fingerprint density at radius 2 is 1.77 bits per heavy atom. The van der Waals surface area contributed by atoms with Gasteiger partial charge in [-0.2, -0.15) is 0 Å². The molecule has 30 heavy (non-hydrogen) atoms. The van der Waals surface area contributed by atoms with Crippen LogP contribution in [-0.2, 0) is 12.8 Å². The Hall–Kier alpha value is -3.67. The number of hydrogen-bond donors (Lipinski definition) is 3. The maximum atomic E-state index is 12.4. The summed E-state index contributed by atoms with van der Waals surface area (Å²) in [6.45, 7) is 1.33. The number of anilines is 1. The molecule has 0 fully saturated rings. The van der Waals surface area contributed by atoms with E-state index in [-0.39, 0.29) is 5.91 Å². The minimum absolute atomic E-state index is 0.176. The molecule has 0 aliphatic rings. The third-order valence-electron chi connectivity index (χ3n) is 5.05. The fourth-order valence-electron chi connectivity index (χ4n) is 3.47. The summed E-state index contributed by atoms with van der Waals surface area (Å²) in [6, 6.07) is 20.2. The standard InChI is InChI=1S/C24H25N5O/c30-24(26-13-6-9-18-7-2-1-3-8-18)22-15-23(29-17-28-22)25-14-12-19-16-27-21-11-5-4-10-20(19)21/h1-5,7-8,10-11,15-17,27H,6,9,12-14H2,(H,26,30)(H,25,28,29). The molecule has 4 aromatic rings. The molecule has 0 unspecified atom stereocenters. The molecule has 2 aromatic carbocycles. The Morgan fingerprint density at radius 1 is 0.933 bits per heavy atom. The number of para-hydroxylation sites is 1. The van der Waals surface area contributed by atoms with Gasteiger partial charge in [0.15, 0.2) is 0 Å². The van der Waals surface area contributed by atoms with E-state index in [4.69, 9.17) is 0 Å². The van der Waals surface area contributed by atoms with Gasteiger partial charge < -0.3 is 15.6 Å². The van der Waals surface area contributed by atoms with Crippen LogP contribution in [0.4, 0.5) is 5.82 Å². The van der Waals surface area contributed by atoms with Crippen molar-refractivity contribution in [1.82, 2.24) is 20.3 Å². The number of nitrogens with one attached hydrogen (secondary N) is 3. The van der Waals surface area contributed by atoms with Crippen molar-refractivity contribution in [3.05, 3.63) is 90.0 Å². The van der Waals surface area contributed by atoms with Crippen molar-refractivity contribution in [2.24, 2.45) is 0 Å². The molecule has 0 radical (unpaired) electrons. The van der Waals surface area contributed by atoms with Gasteiger partial charge in [-0.05, 0) is 36.5 Å². The Morgan fingerprint density at radius 3 is 2.67 bits per heavy atom. The summed E-state index contributed by atoms with van der Waals surface area (Å²) < 4.78 is 0. The van der Waals surface area contributed by atoms with Crippen LogP contribution in [0.1, 0.15) is 28.0 Å². The van der Waals surface area contributed by atoms with Gasteiger partial charge in [-0.3, -0.25) is 4.79 Å². The highest BCUT2D eigenvalue weighted by Gasteiger charge is 2.09. The Balaban J connectivity index is 1.25. The van der Waals surface area contributed by atoms with E-state index in [1.54, 1.807) is 6.07 Å². The van der Waals surface area contributed by atoms with Crippen LogP contribution in [0.25, 0.3) is 10.9 Å².